The van der Waals surface area contributed by atoms with Crippen molar-refractivity contribution < 1.29 is 4.74 Å². The highest BCUT2D eigenvalue weighted by atomic mass is 79.9. The highest BCUT2D eigenvalue weighted by Gasteiger charge is 2.03. The van der Waals surface area contributed by atoms with Gasteiger partial charge in [-0.2, -0.15) is 5.26 Å². The number of nitrogens with one attached hydrogen (secondary N) is 1. The lowest BCUT2D eigenvalue weighted by atomic mass is 10.3. The van der Waals surface area contributed by atoms with Crippen LogP contribution < -0.4 is 10.1 Å². The number of nitrogens with zero attached hydrogens (tertiary/aromatic N) is 1. The van der Waals surface area contributed by atoms with Gasteiger partial charge in [0.2, 0.25) is 0 Å². The molecule has 0 radical (unpaired) electrons. The SMILES string of the molecule is COc1cc(NCc2cc(C#N)cs2)ccc1Br. The molecule has 0 saturated heterocycles. The number of nitriles is 1. The average molecular weight is 323 g/mol. The first-order valence-corrected chi connectivity index (χ1v) is 6.95. The molecule has 0 aliphatic rings. The molecule has 0 aliphatic carbocycles. The van der Waals surface area contributed by atoms with Crippen LogP contribution in [0.2, 0.25) is 0 Å². The number of hydrogen-bond acceptors (Lipinski definition) is 4. The first kappa shape index (κ1) is 12.9. The summed E-state index contributed by atoms with van der Waals surface area (Å²) in [6.07, 6.45) is 0. The molecule has 1 aromatic heterocycles. The van der Waals surface area contributed by atoms with Crippen molar-refractivity contribution in [2.24, 2.45) is 0 Å². The van der Waals surface area contributed by atoms with Crippen molar-refractivity contribution in [1.29, 1.82) is 5.26 Å². The molecule has 2 rings (SSSR count). The lowest BCUT2D eigenvalue weighted by Crippen LogP contribution is -1.97. The number of thiophene rings is 1. The molecule has 1 aromatic carbocycles. The molecular weight excluding hydrogens is 312 g/mol. The molecule has 0 aliphatic heterocycles. The van der Waals surface area contributed by atoms with Crippen molar-refractivity contribution in [1.82, 2.24) is 0 Å². The molecule has 0 bridgehead atoms. The van der Waals surface area contributed by atoms with E-state index in [9.17, 15) is 0 Å². The molecule has 1 heterocycles. The second kappa shape index (κ2) is 5.89. The van der Waals surface area contributed by atoms with Gasteiger partial charge in [0.1, 0.15) is 11.8 Å². The van der Waals surface area contributed by atoms with Gasteiger partial charge in [-0.25, -0.2) is 0 Å². The van der Waals surface area contributed by atoms with Crippen molar-refractivity contribution in [3.63, 3.8) is 0 Å². The molecule has 5 heteroatoms. The summed E-state index contributed by atoms with van der Waals surface area (Å²) in [6.45, 7) is 0.705. The molecule has 0 saturated carbocycles. The summed E-state index contributed by atoms with van der Waals surface area (Å²) in [6, 6.07) is 9.88. The number of halogens is 1. The summed E-state index contributed by atoms with van der Waals surface area (Å²) in [5, 5.41) is 13.9. The van der Waals surface area contributed by atoms with Gasteiger partial charge >= 0.3 is 0 Å². The Labute approximate surface area is 118 Å². The predicted molar refractivity (Wildman–Crippen MR) is 77.1 cm³/mol. The molecule has 92 valence electrons. The van der Waals surface area contributed by atoms with E-state index in [1.807, 2.05) is 29.6 Å². The molecule has 0 spiro atoms. The van der Waals surface area contributed by atoms with Crippen LogP contribution in [0.15, 0.2) is 34.1 Å². The maximum Gasteiger partial charge on any atom is 0.135 e. The van der Waals surface area contributed by atoms with E-state index >= 15 is 0 Å². The predicted octanol–water partition coefficient (Wildman–Crippen LogP) is 4.00. The zero-order chi connectivity index (χ0) is 13.0. The smallest absolute Gasteiger partial charge is 0.135 e. The van der Waals surface area contributed by atoms with Gasteiger partial charge in [0.15, 0.2) is 0 Å². The number of ether oxygens (including phenoxy) is 1. The van der Waals surface area contributed by atoms with Crippen LogP contribution in [0.3, 0.4) is 0 Å². The summed E-state index contributed by atoms with van der Waals surface area (Å²) in [5.74, 6) is 0.795. The van der Waals surface area contributed by atoms with E-state index in [0.29, 0.717) is 12.1 Å². The third-order valence-corrected chi connectivity index (χ3v) is 3.99. The van der Waals surface area contributed by atoms with Crippen LogP contribution in [-0.2, 0) is 6.54 Å². The molecule has 0 fully saturated rings. The van der Waals surface area contributed by atoms with Gasteiger partial charge in [-0.05, 0) is 34.1 Å². The van der Waals surface area contributed by atoms with Crippen molar-refractivity contribution >= 4 is 33.0 Å². The van der Waals surface area contributed by atoms with Crippen LogP contribution >= 0.6 is 27.3 Å². The van der Waals surface area contributed by atoms with Gasteiger partial charge in [-0.1, -0.05) is 0 Å². The fourth-order valence-electron chi connectivity index (χ4n) is 1.49. The molecule has 0 atom stereocenters. The van der Waals surface area contributed by atoms with E-state index in [1.165, 1.54) is 0 Å². The Morgan fingerprint density at radius 1 is 1.44 bits per heavy atom. The van der Waals surface area contributed by atoms with Gasteiger partial charge in [0, 0.05) is 28.6 Å². The Hall–Kier alpha value is -1.51. The summed E-state index contributed by atoms with van der Waals surface area (Å²) in [7, 11) is 1.64. The van der Waals surface area contributed by atoms with Crippen LogP contribution in [0.4, 0.5) is 5.69 Å². The highest BCUT2D eigenvalue weighted by Crippen LogP contribution is 2.28. The topological polar surface area (TPSA) is 45.0 Å². The number of methoxy groups -OCH3 is 1. The first-order chi connectivity index (χ1) is 8.72. The highest BCUT2D eigenvalue weighted by molar-refractivity contribution is 9.10. The second-order valence-corrected chi connectivity index (χ2v) is 5.47. The molecule has 18 heavy (non-hydrogen) atoms. The monoisotopic (exact) mass is 322 g/mol. The van der Waals surface area contributed by atoms with Gasteiger partial charge in [-0.15, -0.1) is 11.3 Å². The maximum atomic E-state index is 8.75. The molecule has 0 amide bonds. The third-order valence-electron chi connectivity index (χ3n) is 2.40. The zero-order valence-corrected chi connectivity index (χ0v) is 12.1. The number of rotatable bonds is 4. The van der Waals surface area contributed by atoms with Gasteiger partial charge in [0.05, 0.1) is 17.1 Å². The minimum atomic E-state index is 0.705. The van der Waals surface area contributed by atoms with Gasteiger partial charge in [-0.3, -0.25) is 0 Å². The summed E-state index contributed by atoms with van der Waals surface area (Å²) in [5.41, 5.74) is 1.70. The van der Waals surface area contributed by atoms with Crippen molar-refractivity contribution in [3.05, 3.63) is 44.6 Å². The Bertz CT molecular complexity index is 589. The lowest BCUT2D eigenvalue weighted by molar-refractivity contribution is 0.412. The molecular formula is C13H11BrN2OS. The Morgan fingerprint density at radius 2 is 2.28 bits per heavy atom. The summed E-state index contributed by atoms with van der Waals surface area (Å²) >= 11 is 4.99. The van der Waals surface area contributed by atoms with Crippen LogP contribution in [0.1, 0.15) is 10.4 Å². The number of hydrogen-bond donors (Lipinski definition) is 1. The third kappa shape index (κ3) is 3.03. The van der Waals surface area contributed by atoms with E-state index in [1.54, 1.807) is 18.4 Å². The largest absolute Gasteiger partial charge is 0.495 e. The van der Waals surface area contributed by atoms with Gasteiger partial charge < -0.3 is 10.1 Å². The normalized spacial score (nSPS) is 9.83. The number of anilines is 1. The maximum absolute atomic E-state index is 8.75. The Balaban J connectivity index is 2.04. The number of benzene rings is 1. The van der Waals surface area contributed by atoms with E-state index in [-0.39, 0.29) is 0 Å². The standard InChI is InChI=1S/C13H11BrN2OS/c1-17-13-5-10(2-3-12(13)14)16-7-11-4-9(6-15)8-18-11/h2-5,8,16H,7H2,1H3. The second-order valence-electron chi connectivity index (χ2n) is 3.62. The minimum absolute atomic E-state index is 0.705. The van der Waals surface area contributed by atoms with E-state index in [0.717, 1.165) is 20.8 Å². The Kier molecular flexibility index (Phi) is 4.24. The Morgan fingerprint density at radius 3 is 2.94 bits per heavy atom. The molecule has 1 N–H and O–H groups in total. The van der Waals surface area contributed by atoms with E-state index in [4.69, 9.17) is 10.00 Å². The fourth-order valence-corrected chi connectivity index (χ4v) is 2.65. The van der Waals surface area contributed by atoms with Crippen LogP contribution in [0, 0.1) is 11.3 Å². The molecule has 3 nitrogen and oxygen atoms in total. The van der Waals surface area contributed by atoms with E-state index in [2.05, 4.69) is 27.3 Å². The molecule has 0 unspecified atom stereocenters. The average Bonchev–Trinajstić information content (AvgIpc) is 2.86. The fraction of sp³-hybridized carbons (Fsp3) is 0.154. The minimum Gasteiger partial charge on any atom is -0.495 e. The summed E-state index contributed by atoms with van der Waals surface area (Å²) in [4.78, 5) is 1.13. The van der Waals surface area contributed by atoms with E-state index < -0.39 is 0 Å². The van der Waals surface area contributed by atoms with Gasteiger partial charge in [0.25, 0.3) is 0 Å². The molecule has 2 aromatic rings. The first-order valence-electron chi connectivity index (χ1n) is 5.28. The summed E-state index contributed by atoms with van der Waals surface area (Å²) < 4.78 is 6.16. The van der Waals surface area contributed by atoms with Crippen LogP contribution in [0.5, 0.6) is 5.75 Å². The van der Waals surface area contributed by atoms with Crippen LogP contribution in [0.25, 0.3) is 0 Å². The zero-order valence-electron chi connectivity index (χ0n) is 9.74. The van der Waals surface area contributed by atoms with Crippen molar-refractivity contribution in [2.75, 3.05) is 12.4 Å². The quantitative estimate of drug-likeness (QED) is 0.925. The lowest BCUT2D eigenvalue weighted by Gasteiger charge is -2.08. The van der Waals surface area contributed by atoms with Crippen molar-refractivity contribution in [3.8, 4) is 11.8 Å². The van der Waals surface area contributed by atoms with Crippen LogP contribution in [-0.4, -0.2) is 7.11 Å². The van der Waals surface area contributed by atoms with Crippen molar-refractivity contribution in [2.45, 2.75) is 6.54 Å².